The molecule has 0 aromatic heterocycles. The highest BCUT2D eigenvalue weighted by molar-refractivity contribution is 5.74. The van der Waals surface area contributed by atoms with Gasteiger partial charge in [-0.2, -0.15) is 0 Å². The maximum atomic E-state index is 13.8. The Kier molecular flexibility index (Phi) is 3.97. The van der Waals surface area contributed by atoms with Crippen molar-refractivity contribution in [3.05, 3.63) is 29.3 Å². The van der Waals surface area contributed by atoms with Crippen LogP contribution in [0, 0.1) is 23.0 Å². The van der Waals surface area contributed by atoms with Crippen molar-refractivity contribution in [2.45, 2.75) is 33.1 Å². The van der Waals surface area contributed by atoms with Crippen LogP contribution in [0.25, 0.3) is 0 Å². The molecule has 1 aliphatic rings. The predicted octanol–water partition coefficient (Wildman–Crippen LogP) is 3.41. The van der Waals surface area contributed by atoms with Gasteiger partial charge in [-0.3, -0.25) is 4.79 Å². The van der Waals surface area contributed by atoms with E-state index in [4.69, 9.17) is 9.84 Å². The highest BCUT2D eigenvalue weighted by atomic mass is 19.1. The molecule has 0 radical (unpaired) electrons. The third kappa shape index (κ3) is 3.46. The van der Waals surface area contributed by atoms with Gasteiger partial charge >= 0.3 is 5.97 Å². The molecule has 0 amide bonds. The topological polar surface area (TPSA) is 46.5 Å². The zero-order valence-corrected chi connectivity index (χ0v) is 11.6. The second-order valence-corrected chi connectivity index (χ2v) is 6.00. The standard InChI is InChI=1S/C15H18F2O3/c1-15(2,14(18)19)7-10-5-11(16)6-12(17)13(10)20-8-9-3-4-9/h5-6,9H,3-4,7-8H2,1-2H3,(H,18,19). The van der Waals surface area contributed by atoms with E-state index >= 15 is 0 Å². The molecule has 0 bridgehead atoms. The normalized spacial score (nSPS) is 15.2. The molecule has 2 rings (SSSR count). The monoisotopic (exact) mass is 284 g/mol. The lowest BCUT2D eigenvalue weighted by atomic mass is 9.85. The lowest BCUT2D eigenvalue weighted by molar-refractivity contribution is -0.146. The first-order chi connectivity index (χ1) is 9.29. The summed E-state index contributed by atoms with van der Waals surface area (Å²) in [4.78, 5) is 11.2. The van der Waals surface area contributed by atoms with Gasteiger partial charge in [0.15, 0.2) is 11.6 Å². The summed E-state index contributed by atoms with van der Waals surface area (Å²) in [6, 6.07) is 1.91. The molecule has 0 unspecified atom stereocenters. The van der Waals surface area contributed by atoms with E-state index in [2.05, 4.69) is 0 Å². The molecule has 20 heavy (non-hydrogen) atoms. The summed E-state index contributed by atoms with van der Waals surface area (Å²) in [7, 11) is 0. The van der Waals surface area contributed by atoms with Gasteiger partial charge in [0, 0.05) is 11.6 Å². The first-order valence-electron chi connectivity index (χ1n) is 6.64. The number of aliphatic carboxylic acids is 1. The van der Waals surface area contributed by atoms with Crippen molar-refractivity contribution in [1.82, 2.24) is 0 Å². The van der Waals surface area contributed by atoms with Gasteiger partial charge in [-0.15, -0.1) is 0 Å². The number of halogens is 2. The first kappa shape index (κ1) is 14.8. The Morgan fingerprint density at radius 1 is 1.40 bits per heavy atom. The SMILES string of the molecule is CC(C)(Cc1cc(F)cc(F)c1OCC1CC1)C(=O)O. The fourth-order valence-corrected chi connectivity index (χ4v) is 1.94. The van der Waals surface area contributed by atoms with Crippen LogP contribution in [0.5, 0.6) is 5.75 Å². The molecule has 110 valence electrons. The van der Waals surface area contributed by atoms with Gasteiger partial charge in [0.25, 0.3) is 0 Å². The molecule has 0 spiro atoms. The number of rotatable bonds is 6. The Hall–Kier alpha value is -1.65. The molecule has 0 saturated heterocycles. The Morgan fingerprint density at radius 3 is 2.60 bits per heavy atom. The maximum Gasteiger partial charge on any atom is 0.309 e. The van der Waals surface area contributed by atoms with Gasteiger partial charge in [0.1, 0.15) is 5.82 Å². The van der Waals surface area contributed by atoms with Gasteiger partial charge in [-0.25, -0.2) is 8.78 Å². The molecule has 0 aliphatic heterocycles. The molecule has 0 heterocycles. The fraction of sp³-hybridized carbons (Fsp3) is 0.533. The minimum Gasteiger partial charge on any atom is -0.490 e. The van der Waals surface area contributed by atoms with E-state index in [-0.39, 0.29) is 17.7 Å². The largest absolute Gasteiger partial charge is 0.490 e. The van der Waals surface area contributed by atoms with Gasteiger partial charge in [0.05, 0.1) is 12.0 Å². The number of benzene rings is 1. The maximum absolute atomic E-state index is 13.8. The molecular weight excluding hydrogens is 266 g/mol. The van der Waals surface area contributed by atoms with Gasteiger partial charge in [0.2, 0.25) is 0 Å². The molecule has 1 saturated carbocycles. The summed E-state index contributed by atoms with van der Waals surface area (Å²) in [6.07, 6.45) is 2.12. The van der Waals surface area contributed by atoms with Gasteiger partial charge in [-0.05, 0) is 45.1 Å². The molecule has 5 heteroatoms. The number of carboxylic acids is 1. The van der Waals surface area contributed by atoms with E-state index in [1.807, 2.05) is 0 Å². The average Bonchev–Trinajstić information content (AvgIpc) is 3.10. The average molecular weight is 284 g/mol. The third-order valence-corrected chi connectivity index (χ3v) is 3.46. The van der Waals surface area contributed by atoms with Crippen LogP contribution in [0.1, 0.15) is 32.3 Å². The van der Waals surface area contributed by atoms with Crippen molar-refractivity contribution in [2.75, 3.05) is 6.61 Å². The summed E-state index contributed by atoms with van der Waals surface area (Å²) >= 11 is 0. The van der Waals surface area contributed by atoms with Crippen molar-refractivity contribution < 1.29 is 23.4 Å². The van der Waals surface area contributed by atoms with Crippen molar-refractivity contribution in [1.29, 1.82) is 0 Å². The number of ether oxygens (including phenoxy) is 1. The Morgan fingerprint density at radius 2 is 2.05 bits per heavy atom. The smallest absolute Gasteiger partial charge is 0.309 e. The quantitative estimate of drug-likeness (QED) is 0.870. The zero-order valence-electron chi connectivity index (χ0n) is 11.6. The van der Waals surface area contributed by atoms with Crippen LogP contribution in [-0.2, 0) is 11.2 Å². The van der Waals surface area contributed by atoms with Crippen molar-refractivity contribution >= 4 is 5.97 Å². The molecular formula is C15H18F2O3. The second-order valence-electron chi connectivity index (χ2n) is 6.00. The summed E-state index contributed by atoms with van der Waals surface area (Å²) in [5.41, 5.74) is -0.853. The van der Waals surface area contributed by atoms with Crippen LogP contribution in [0.4, 0.5) is 8.78 Å². The van der Waals surface area contributed by atoms with Gasteiger partial charge in [-0.1, -0.05) is 0 Å². The summed E-state index contributed by atoms with van der Waals surface area (Å²) in [6.45, 7) is 3.43. The van der Waals surface area contributed by atoms with E-state index in [1.54, 1.807) is 0 Å². The molecule has 0 atom stereocenters. The molecule has 1 aliphatic carbocycles. The summed E-state index contributed by atoms with van der Waals surface area (Å²) < 4.78 is 32.6. The molecule has 1 aromatic rings. The van der Waals surface area contributed by atoms with Crippen molar-refractivity contribution in [3.8, 4) is 5.75 Å². The highest BCUT2D eigenvalue weighted by Gasteiger charge is 2.30. The van der Waals surface area contributed by atoms with Crippen molar-refractivity contribution in [2.24, 2.45) is 11.3 Å². The third-order valence-electron chi connectivity index (χ3n) is 3.46. The van der Waals surface area contributed by atoms with Crippen LogP contribution in [0.3, 0.4) is 0 Å². The van der Waals surface area contributed by atoms with Crippen molar-refractivity contribution in [3.63, 3.8) is 0 Å². The molecule has 1 fully saturated rings. The first-order valence-corrected chi connectivity index (χ1v) is 6.64. The van der Waals surface area contributed by atoms with E-state index in [1.165, 1.54) is 13.8 Å². The molecule has 3 nitrogen and oxygen atoms in total. The molecule has 1 N–H and O–H groups in total. The summed E-state index contributed by atoms with van der Waals surface area (Å²) in [5, 5.41) is 9.13. The zero-order chi connectivity index (χ0) is 14.9. The van der Waals surface area contributed by atoms with Crippen LogP contribution >= 0.6 is 0 Å². The van der Waals surface area contributed by atoms with E-state index < -0.39 is 23.0 Å². The number of carbonyl (C=O) groups is 1. The van der Waals surface area contributed by atoms with Crippen LogP contribution in [0.15, 0.2) is 12.1 Å². The summed E-state index contributed by atoms with van der Waals surface area (Å²) in [5.74, 6) is -2.11. The Bertz CT molecular complexity index is 522. The predicted molar refractivity (Wildman–Crippen MR) is 69.7 cm³/mol. The van der Waals surface area contributed by atoms with E-state index in [0.29, 0.717) is 12.5 Å². The van der Waals surface area contributed by atoms with Crippen LogP contribution in [-0.4, -0.2) is 17.7 Å². The second kappa shape index (κ2) is 5.38. The van der Waals surface area contributed by atoms with Gasteiger partial charge < -0.3 is 9.84 Å². The Labute approximate surface area is 116 Å². The number of carboxylic acid groups (broad SMARTS) is 1. The highest BCUT2D eigenvalue weighted by Crippen LogP contribution is 2.34. The lowest BCUT2D eigenvalue weighted by Crippen LogP contribution is -2.26. The Balaban J connectivity index is 2.26. The minimum atomic E-state index is -1.11. The van der Waals surface area contributed by atoms with Crippen LogP contribution in [0.2, 0.25) is 0 Å². The lowest BCUT2D eigenvalue weighted by Gasteiger charge is -2.21. The van der Waals surface area contributed by atoms with E-state index in [9.17, 15) is 13.6 Å². The minimum absolute atomic E-state index is 0.0109. The number of hydrogen-bond donors (Lipinski definition) is 1. The van der Waals surface area contributed by atoms with Crippen LogP contribution < -0.4 is 4.74 Å². The molecule has 1 aromatic carbocycles. The fourth-order valence-electron chi connectivity index (χ4n) is 1.94. The van der Waals surface area contributed by atoms with E-state index in [0.717, 1.165) is 25.0 Å². The number of hydrogen-bond acceptors (Lipinski definition) is 2.